The van der Waals surface area contributed by atoms with Crippen molar-refractivity contribution >= 4 is 35.4 Å². The summed E-state index contributed by atoms with van der Waals surface area (Å²) < 4.78 is 12.6. The molecule has 10 heteroatoms. The number of carboxylic acids is 1. The molecule has 8 nitrogen and oxygen atoms in total. The maximum atomic E-state index is 11.0. The average Bonchev–Trinajstić information content (AvgIpc) is 2.78. The summed E-state index contributed by atoms with van der Waals surface area (Å²) >= 11 is 12.2. The van der Waals surface area contributed by atoms with Crippen LogP contribution in [0.2, 0.25) is 10.0 Å². The molecule has 0 radical (unpaired) electrons. The fraction of sp³-hybridized carbons (Fsp3) is 0.267. The van der Waals surface area contributed by atoms with Gasteiger partial charge in [0.05, 0.1) is 27.5 Å². The van der Waals surface area contributed by atoms with E-state index in [4.69, 9.17) is 43.6 Å². The highest BCUT2D eigenvalue weighted by atomic mass is 35.5. The molecule has 134 valence electrons. The van der Waals surface area contributed by atoms with Crippen LogP contribution in [-0.2, 0) is 11.8 Å². The molecule has 0 aliphatic rings. The van der Waals surface area contributed by atoms with E-state index >= 15 is 0 Å². The standard InChI is InChI=1S/C15H16Cl2N4O4/c1-7-9(6-19-18)14(21(3)20-7)25-13-5-12(10(16)4-11(13)17)24-8(2)15(22)23/h4-6,8H,18H2,1-3H3,(H,22,23)/b19-6+/t8-/m0/s1. The lowest BCUT2D eigenvalue weighted by atomic mass is 10.2. The third kappa shape index (κ3) is 4.15. The molecule has 3 N–H and O–H groups in total. The van der Waals surface area contributed by atoms with Gasteiger partial charge in [0, 0.05) is 13.1 Å². The Bertz CT molecular complexity index is 835. The van der Waals surface area contributed by atoms with E-state index in [0.29, 0.717) is 17.1 Å². The van der Waals surface area contributed by atoms with Gasteiger partial charge in [-0.25, -0.2) is 9.48 Å². The van der Waals surface area contributed by atoms with E-state index in [-0.39, 0.29) is 21.5 Å². The van der Waals surface area contributed by atoms with Gasteiger partial charge in [0.25, 0.3) is 0 Å². The van der Waals surface area contributed by atoms with E-state index in [1.54, 1.807) is 14.0 Å². The maximum Gasteiger partial charge on any atom is 0.344 e. The second-order valence-corrected chi connectivity index (χ2v) is 5.93. The third-order valence-corrected chi connectivity index (χ3v) is 3.85. The lowest BCUT2D eigenvalue weighted by molar-refractivity contribution is -0.144. The molecule has 1 atom stereocenters. The summed E-state index contributed by atoms with van der Waals surface area (Å²) in [5, 5.41) is 17.1. The molecule has 0 fully saturated rings. The maximum absolute atomic E-state index is 11.0. The summed E-state index contributed by atoms with van der Waals surface area (Å²) in [6, 6.07) is 2.82. The molecule has 0 saturated heterocycles. The quantitative estimate of drug-likeness (QED) is 0.448. The Morgan fingerprint density at radius 1 is 1.40 bits per heavy atom. The zero-order chi connectivity index (χ0) is 18.7. The summed E-state index contributed by atoms with van der Waals surface area (Å²) in [6.07, 6.45) is 0.316. The minimum Gasteiger partial charge on any atom is -0.479 e. The van der Waals surface area contributed by atoms with Gasteiger partial charge in [-0.15, -0.1) is 0 Å². The first-order chi connectivity index (χ1) is 11.7. The van der Waals surface area contributed by atoms with Crippen LogP contribution in [0, 0.1) is 6.92 Å². The number of halogens is 2. The topological polar surface area (TPSA) is 112 Å². The average molecular weight is 387 g/mol. The van der Waals surface area contributed by atoms with Crippen LogP contribution in [0.25, 0.3) is 0 Å². The summed E-state index contributed by atoms with van der Waals surface area (Å²) in [7, 11) is 1.68. The number of aliphatic carboxylic acids is 1. The van der Waals surface area contributed by atoms with Gasteiger partial charge in [-0.2, -0.15) is 10.2 Å². The van der Waals surface area contributed by atoms with Gasteiger partial charge >= 0.3 is 5.97 Å². The number of carbonyl (C=O) groups is 1. The number of hydrazone groups is 1. The third-order valence-electron chi connectivity index (χ3n) is 3.26. The van der Waals surface area contributed by atoms with E-state index in [1.165, 1.54) is 30.0 Å². The SMILES string of the molecule is Cc1nn(C)c(Oc2cc(O[C@@H](C)C(=O)O)c(Cl)cc2Cl)c1/C=N/N. The number of nitrogens with two attached hydrogens (primary N) is 1. The van der Waals surface area contributed by atoms with Crippen molar-refractivity contribution in [3.8, 4) is 17.4 Å². The summed E-state index contributed by atoms with van der Waals surface area (Å²) in [5.41, 5.74) is 1.24. The van der Waals surface area contributed by atoms with E-state index in [1.807, 2.05) is 0 Å². The molecule has 0 saturated carbocycles. The first-order valence-corrected chi connectivity index (χ1v) is 7.83. The molecule has 0 bridgehead atoms. The Morgan fingerprint density at radius 3 is 2.64 bits per heavy atom. The number of rotatable bonds is 6. The van der Waals surface area contributed by atoms with Crippen LogP contribution < -0.4 is 15.3 Å². The van der Waals surface area contributed by atoms with Crippen LogP contribution in [0.3, 0.4) is 0 Å². The molecule has 1 heterocycles. The lowest BCUT2D eigenvalue weighted by Gasteiger charge is -2.15. The Hall–Kier alpha value is -2.45. The van der Waals surface area contributed by atoms with Crippen molar-refractivity contribution in [2.45, 2.75) is 20.0 Å². The van der Waals surface area contributed by atoms with Crippen LogP contribution >= 0.6 is 23.2 Å². The molecule has 0 aliphatic carbocycles. The number of hydrogen-bond donors (Lipinski definition) is 2. The number of hydrogen-bond acceptors (Lipinski definition) is 6. The zero-order valence-corrected chi connectivity index (χ0v) is 15.2. The van der Waals surface area contributed by atoms with E-state index in [0.717, 1.165) is 0 Å². The van der Waals surface area contributed by atoms with E-state index in [9.17, 15) is 4.79 Å². The number of benzene rings is 1. The van der Waals surface area contributed by atoms with Crippen LogP contribution in [0.15, 0.2) is 17.2 Å². The molecular formula is C15H16Cl2N4O4. The number of aryl methyl sites for hydroxylation is 2. The first-order valence-electron chi connectivity index (χ1n) is 7.07. The highest BCUT2D eigenvalue weighted by molar-refractivity contribution is 6.36. The smallest absolute Gasteiger partial charge is 0.344 e. The first kappa shape index (κ1) is 18.9. The normalized spacial score (nSPS) is 12.4. The van der Waals surface area contributed by atoms with Crippen molar-refractivity contribution in [1.82, 2.24) is 9.78 Å². The fourth-order valence-corrected chi connectivity index (χ4v) is 2.49. The molecule has 2 rings (SSSR count). The van der Waals surface area contributed by atoms with Gasteiger partial charge < -0.3 is 20.4 Å². The second-order valence-electron chi connectivity index (χ2n) is 5.12. The van der Waals surface area contributed by atoms with Crippen molar-refractivity contribution in [1.29, 1.82) is 0 Å². The Kier molecular flexibility index (Phi) is 5.76. The highest BCUT2D eigenvalue weighted by Gasteiger charge is 2.19. The van der Waals surface area contributed by atoms with Crippen LogP contribution in [0.4, 0.5) is 0 Å². The molecule has 0 aliphatic heterocycles. The molecule has 0 unspecified atom stereocenters. The Labute approximate surface area is 153 Å². The molecule has 2 aromatic rings. The summed E-state index contributed by atoms with van der Waals surface area (Å²) in [4.78, 5) is 11.0. The molecule has 1 aromatic carbocycles. The predicted octanol–water partition coefficient (Wildman–Crippen LogP) is 2.97. The molecule has 25 heavy (non-hydrogen) atoms. The fourth-order valence-electron chi connectivity index (χ4n) is 2.02. The lowest BCUT2D eigenvalue weighted by Crippen LogP contribution is -2.23. The Balaban J connectivity index is 2.42. The minimum atomic E-state index is -1.13. The highest BCUT2D eigenvalue weighted by Crippen LogP contribution is 2.39. The predicted molar refractivity (Wildman–Crippen MR) is 94.0 cm³/mol. The van der Waals surface area contributed by atoms with Crippen molar-refractivity contribution in [3.63, 3.8) is 0 Å². The number of ether oxygens (including phenoxy) is 2. The zero-order valence-electron chi connectivity index (χ0n) is 13.7. The molecule has 0 spiro atoms. The van der Waals surface area contributed by atoms with Crippen LogP contribution in [0.1, 0.15) is 18.2 Å². The van der Waals surface area contributed by atoms with Gasteiger partial charge in [-0.05, 0) is 19.9 Å². The Morgan fingerprint density at radius 2 is 2.04 bits per heavy atom. The summed E-state index contributed by atoms with van der Waals surface area (Å²) in [6.45, 7) is 3.16. The number of carboxylic acid groups (broad SMARTS) is 1. The van der Waals surface area contributed by atoms with E-state index in [2.05, 4.69) is 10.2 Å². The minimum absolute atomic E-state index is 0.129. The number of nitrogens with zero attached hydrogens (tertiary/aromatic N) is 3. The van der Waals surface area contributed by atoms with Gasteiger partial charge in [0.1, 0.15) is 5.75 Å². The molecule has 0 amide bonds. The largest absolute Gasteiger partial charge is 0.479 e. The summed E-state index contributed by atoms with van der Waals surface area (Å²) in [5.74, 6) is 4.79. The van der Waals surface area contributed by atoms with Crippen molar-refractivity contribution < 1.29 is 19.4 Å². The van der Waals surface area contributed by atoms with Gasteiger partial charge in [-0.1, -0.05) is 23.2 Å². The van der Waals surface area contributed by atoms with Crippen molar-refractivity contribution in [2.75, 3.05) is 0 Å². The molecular weight excluding hydrogens is 371 g/mol. The van der Waals surface area contributed by atoms with Gasteiger partial charge in [-0.3, -0.25) is 0 Å². The van der Waals surface area contributed by atoms with Crippen LogP contribution in [0.5, 0.6) is 17.4 Å². The van der Waals surface area contributed by atoms with Crippen LogP contribution in [-0.4, -0.2) is 33.2 Å². The van der Waals surface area contributed by atoms with E-state index < -0.39 is 12.1 Å². The van der Waals surface area contributed by atoms with Crippen molar-refractivity contribution in [2.24, 2.45) is 18.0 Å². The molecule has 1 aromatic heterocycles. The van der Waals surface area contributed by atoms with Gasteiger partial charge in [0.15, 0.2) is 11.9 Å². The van der Waals surface area contributed by atoms with Gasteiger partial charge in [0.2, 0.25) is 5.88 Å². The number of aromatic nitrogens is 2. The van der Waals surface area contributed by atoms with Crippen molar-refractivity contribution in [3.05, 3.63) is 33.4 Å². The monoisotopic (exact) mass is 386 g/mol. The second kappa shape index (κ2) is 7.62.